The second kappa shape index (κ2) is 5.53. The summed E-state index contributed by atoms with van der Waals surface area (Å²) < 4.78 is 0. The van der Waals surface area contributed by atoms with E-state index in [9.17, 15) is 4.79 Å². The number of Topliss-reactive ketones (excluding diaryl/α,β-unsaturated/α-hetero) is 1. The number of carbonyl (C=O) groups excluding carboxylic acids is 1. The van der Waals surface area contributed by atoms with Gasteiger partial charge < -0.3 is 4.79 Å². The van der Waals surface area contributed by atoms with Crippen LogP contribution in [0.2, 0.25) is 0 Å². The minimum atomic E-state index is 0.351. The van der Waals surface area contributed by atoms with Crippen LogP contribution in [0.5, 0.6) is 0 Å². The van der Waals surface area contributed by atoms with Crippen molar-refractivity contribution in [2.75, 3.05) is 0 Å². The maximum absolute atomic E-state index is 11.1. The average Bonchev–Trinajstić information content (AvgIpc) is 2.30. The topological polar surface area (TPSA) is 17.1 Å². The van der Waals surface area contributed by atoms with Gasteiger partial charge >= 0.3 is 0 Å². The molecular weight excluding hydrogens is 207 g/mol. The van der Waals surface area contributed by atoms with Gasteiger partial charge in [-0.2, -0.15) is 0 Å². The van der Waals surface area contributed by atoms with Crippen LogP contribution in [0.3, 0.4) is 0 Å². The molecule has 1 nitrogen and oxygen atoms in total. The SMILES string of the molecule is Bc1ccc([C@H]2CC[C@H](CC(C)=O)CC2)cc1. The fourth-order valence-electron chi connectivity index (χ4n) is 2.95. The summed E-state index contributed by atoms with van der Waals surface area (Å²) in [6.45, 7) is 1.71. The van der Waals surface area contributed by atoms with Crippen molar-refractivity contribution < 1.29 is 4.79 Å². The Morgan fingerprint density at radius 2 is 1.76 bits per heavy atom. The van der Waals surface area contributed by atoms with Crippen LogP contribution in [0.25, 0.3) is 0 Å². The average molecular weight is 228 g/mol. The van der Waals surface area contributed by atoms with Crippen molar-refractivity contribution in [1.29, 1.82) is 0 Å². The van der Waals surface area contributed by atoms with Crippen molar-refractivity contribution in [3.63, 3.8) is 0 Å². The van der Waals surface area contributed by atoms with Crippen LogP contribution < -0.4 is 5.46 Å². The lowest BCUT2D eigenvalue weighted by Crippen LogP contribution is -2.16. The van der Waals surface area contributed by atoms with Crippen LogP contribution in [0.4, 0.5) is 0 Å². The molecule has 1 fully saturated rings. The first-order valence-corrected chi connectivity index (χ1v) is 6.71. The van der Waals surface area contributed by atoms with Gasteiger partial charge in [-0.3, -0.25) is 0 Å². The lowest BCUT2D eigenvalue weighted by atomic mass is 9.77. The number of carbonyl (C=O) groups is 1. The molecule has 1 aliphatic rings. The predicted molar refractivity (Wildman–Crippen MR) is 74.6 cm³/mol. The van der Waals surface area contributed by atoms with Gasteiger partial charge in [-0.1, -0.05) is 29.7 Å². The van der Waals surface area contributed by atoms with E-state index in [0.29, 0.717) is 11.7 Å². The molecule has 0 spiro atoms. The highest BCUT2D eigenvalue weighted by molar-refractivity contribution is 6.32. The predicted octanol–water partition coefficient (Wildman–Crippen LogP) is 2.20. The first kappa shape index (κ1) is 12.4. The van der Waals surface area contributed by atoms with E-state index in [1.807, 2.05) is 0 Å². The number of hydrogen-bond donors (Lipinski definition) is 0. The summed E-state index contributed by atoms with van der Waals surface area (Å²) in [6.07, 6.45) is 5.73. The highest BCUT2D eigenvalue weighted by Crippen LogP contribution is 2.36. The van der Waals surface area contributed by atoms with Crippen molar-refractivity contribution in [1.82, 2.24) is 0 Å². The Kier molecular flexibility index (Phi) is 4.04. The largest absolute Gasteiger partial charge is 0.300 e. The van der Waals surface area contributed by atoms with E-state index in [4.69, 9.17) is 0 Å². The van der Waals surface area contributed by atoms with Crippen LogP contribution >= 0.6 is 0 Å². The molecule has 0 unspecified atom stereocenters. The molecule has 90 valence electrons. The molecule has 1 saturated carbocycles. The first-order valence-electron chi connectivity index (χ1n) is 6.71. The maximum Gasteiger partial charge on any atom is 0.139 e. The van der Waals surface area contributed by atoms with Gasteiger partial charge in [0.2, 0.25) is 0 Å². The minimum Gasteiger partial charge on any atom is -0.300 e. The van der Waals surface area contributed by atoms with Crippen LogP contribution in [-0.2, 0) is 4.79 Å². The van der Waals surface area contributed by atoms with Gasteiger partial charge in [-0.15, -0.1) is 0 Å². The van der Waals surface area contributed by atoms with E-state index in [0.717, 1.165) is 12.3 Å². The highest BCUT2D eigenvalue weighted by Gasteiger charge is 2.22. The summed E-state index contributed by atoms with van der Waals surface area (Å²) >= 11 is 0. The first-order chi connectivity index (χ1) is 8.15. The Bertz CT molecular complexity index is 374. The van der Waals surface area contributed by atoms with Crippen molar-refractivity contribution in [3.05, 3.63) is 29.8 Å². The van der Waals surface area contributed by atoms with Crippen molar-refractivity contribution >= 4 is 19.1 Å². The summed E-state index contributed by atoms with van der Waals surface area (Å²) in [6, 6.07) is 8.95. The molecule has 0 bridgehead atoms. The molecule has 0 saturated heterocycles. The van der Waals surface area contributed by atoms with Crippen molar-refractivity contribution in [3.8, 4) is 0 Å². The summed E-state index contributed by atoms with van der Waals surface area (Å²) in [5.41, 5.74) is 2.82. The molecule has 1 aromatic carbocycles. The van der Waals surface area contributed by atoms with E-state index in [1.165, 1.54) is 36.7 Å². The zero-order chi connectivity index (χ0) is 12.3. The third-order valence-corrected chi connectivity index (χ3v) is 3.97. The molecule has 2 rings (SSSR count). The van der Waals surface area contributed by atoms with Crippen molar-refractivity contribution in [2.45, 2.75) is 44.9 Å². The van der Waals surface area contributed by atoms with E-state index in [2.05, 4.69) is 32.1 Å². The van der Waals surface area contributed by atoms with Gasteiger partial charge in [0.05, 0.1) is 0 Å². The Balaban J connectivity index is 1.90. The third-order valence-electron chi connectivity index (χ3n) is 3.97. The molecule has 0 amide bonds. The molecule has 0 heterocycles. The third kappa shape index (κ3) is 3.45. The highest BCUT2D eigenvalue weighted by atomic mass is 16.1. The Labute approximate surface area is 105 Å². The zero-order valence-corrected chi connectivity index (χ0v) is 10.9. The Hall–Kier alpha value is -1.05. The standard InChI is InChI=1S/C15H21BO/c1-11(17)10-12-2-4-13(5-3-12)14-6-8-15(16)9-7-14/h6-9,12-13H,2-5,10,16H2,1H3/t12-,13-. The number of hydrogen-bond acceptors (Lipinski definition) is 1. The molecule has 0 atom stereocenters. The van der Waals surface area contributed by atoms with Gasteiger partial charge in [-0.25, -0.2) is 0 Å². The molecule has 0 radical (unpaired) electrons. The lowest BCUT2D eigenvalue weighted by molar-refractivity contribution is -0.118. The fourth-order valence-corrected chi connectivity index (χ4v) is 2.95. The van der Waals surface area contributed by atoms with Gasteiger partial charge in [0, 0.05) is 6.42 Å². The van der Waals surface area contributed by atoms with E-state index in [-0.39, 0.29) is 0 Å². The van der Waals surface area contributed by atoms with E-state index >= 15 is 0 Å². The Morgan fingerprint density at radius 3 is 2.29 bits per heavy atom. The number of rotatable bonds is 3. The van der Waals surface area contributed by atoms with Gasteiger partial charge in [0.15, 0.2) is 0 Å². The summed E-state index contributed by atoms with van der Waals surface area (Å²) in [7, 11) is 2.13. The lowest BCUT2D eigenvalue weighted by Gasteiger charge is -2.28. The quantitative estimate of drug-likeness (QED) is 0.725. The number of ketones is 1. The van der Waals surface area contributed by atoms with Crippen LogP contribution in [0.1, 0.15) is 50.5 Å². The molecule has 0 aromatic heterocycles. The van der Waals surface area contributed by atoms with Gasteiger partial charge in [-0.05, 0) is 50.0 Å². The normalized spacial score (nSPS) is 24.5. The van der Waals surface area contributed by atoms with Crippen molar-refractivity contribution in [2.24, 2.45) is 5.92 Å². The second-order valence-corrected chi connectivity index (χ2v) is 5.53. The van der Waals surface area contributed by atoms with Crippen LogP contribution in [0, 0.1) is 5.92 Å². The number of benzene rings is 1. The fraction of sp³-hybridized carbons (Fsp3) is 0.533. The molecule has 1 aromatic rings. The maximum atomic E-state index is 11.1. The summed E-state index contributed by atoms with van der Waals surface area (Å²) in [5, 5.41) is 0. The Morgan fingerprint density at radius 1 is 1.18 bits per heavy atom. The molecule has 2 heteroatoms. The molecular formula is C15H21BO. The molecule has 17 heavy (non-hydrogen) atoms. The summed E-state index contributed by atoms with van der Waals surface area (Å²) in [5.74, 6) is 1.72. The monoisotopic (exact) mass is 228 g/mol. The zero-order valence-electron chi connectivity index (χ0n) is 10.9. The van der Waals surface area contributed by atoms with Crippen LogP contribution in [0.15, 0.2) is 24.3 Å². The second-order valence-electron chi connectivity index (χ2n) is 5.53. The summed E-state index contributed by atoms with van der Waals surface area (Å²) in [4.78, 5) is 11.1. The van der Waals surface area contributed by atoms with E-state index in [1.54, 1.807) is 6.92 Å². The van der Waals surface area contributed by atoms with Gasteiger partial charge in [0.1, 0.15) is 13.6 Å². The smallest absolute Gasteiger partial charge is 0.139 e. The van der Waals surface area contributed by atoms with E-state index < -0.39 is 0 Å². The van der Waals surface area contributed by atoms with Crippen LogP contribution in [-0.4, -0.2) is 13.6 Å². The van der Waals surface area contributed by atoms with Gasteiger partial charge in [0.25, 0.3) is 0 Å². The molecule has 0 aliphatic heterocycles. The minimum absolute atomic E-state index is 0.351. The molecule has 0 N–H and O–H groups in total. The molecule has 1 aliphatic carbocycles.